The fourth-order valence-corrected chi connectivity index (χ4v) is 5.12. The third-order valence-electron chi connectivity index (χ3n) is 7.34. The lowest BCUT2D eigenvalue weighted by atomic mass is 10.1. The molecule has 2 saturated heterocycles. The number of piperazine rings is 1. The van der Waals surface area contributed by atoms with Crippen molar-refractivity contribution in [2.45, 2.75) is 26.8 Å². The van der Waals surface area contributed by atoms with Gasteiger partial charge in [-0.25, -0.2) is 9.67 Å². The van der Waals surface area contributed by atoms with Crippen molar-refractivity contribution < 1.29 is 13.9 Å². The molecule has 1 aromatic carbocycles. The maximum atomic E-state index is 13.3. The molecule has 1 amide bonds. The molecule has 4 aromatic rings. The molecule has 0 unspecified atom stereocenters. The van der Waals surface area contributed by atoms with Gasteiger partial charge in [0.15, 0.2) is 11.3 Å². The van der Waals surface area contributed by atoms with E-state index in [9.17, 15) is 4.79 Å². The summed E-state index contributed by atoms with van der Waals surface area (Å²) >= 11 is 0. The molecule has 0 saturated carbocycles. The number of nitrogens with zero attached hydrogens (tertiary/aromatic N) is 7. The first-order chi connectivity index (χ1) is 18.5. The number of anilines is 1. The number of carbonyl (C=O) groups is 1. The lowest BCUT2D eigenvalue weighted by molar-refractivity contribution is 0.0560. The van der Waals surface area contributed by atoms with Gasteiger partial charge in [-0.05, 0) is 32.9 Å². The molecule has 198 valence electrons. The average Bonchev–Trinajstić information content (AvgIpc) is 3.61. The van der Waals surface area contributed by atoms with Crippen LogP contribution in [0.25, 0.3) is 28.3 Å². The highest BCUT2D eigenvalue weighted by molar-refractivity contribution is 5.95. The van der Waals surface area contributed by atoms with Crippen LogP contribution < -0.4 is 4.90 Å². The Labute approximate surface area is 221 Å². The minimum atomic E-state index is -0.193. The van der Waals surface area contributed by atoms with E-state index in [0.29, 0.717) is 49.4 Å². The Morgan fingerprint density at radius 1 is 0.974 bits per heavy atom. The van der Waals surface area contributed by atoms with Crippen molar-refractivity contribution in [1.29, 1.82) is 0 Å². The second-order valence-corrected chi connectivity index (χ2v) is 10.2. The van der Waals surface area contributed by atoms with E-state index in [1.807, 2.05) is 35.4 Å². The van der Waals surface area contributed by atoms with E-state index in [1.165, 1.54) is 5.56 Å². The van der Waals surface area contributed by atoms with E-state index >= 15 is 0 Å². The van der Waals surface area contributed by atoms with Gasteiger partial charge in [-0.1, -0.05) is 23.8 Å². The van der Waals surface area contributed by atoms with Crippen LogP contribution in [0.5, 0.6) is 0 Å². The van der Waals surface area contributed by atoms with Crippen LogP contribution in [0.15, 0.2) is 47.0 Å². The van der Waals surface area contributed by atoms with E-state index in [-0.39, 0.29) is 11.8 Å². The molecule has 3 aromatic heterocycles. The second-order valence-electron chi connectivity index (χ2n) is 10.2. The number of hydrogen-bond donors (Lipinski definition) is 0. The van der Waals surface area contributed by atoms with Gasteiger partial charge in [0.2, 0.25) is 0 Å². The number of benzene rings is 1. The molecule has 0 bridgehead atoms. The Kier molecular flexibility index (Phi) is 6.59. The van der Waals surface area contributed by atoms with Gasteiger partial charge in [0.25, 0.3) is 11.6 Å². The summed E-state index contributed by atoms with van der Waals surface area (Å²) in [7, 11) is 0. The molecule has 6 rings (SSSR count). The van der Waals surface area contributed by atoms with Crippen molar-refractivity contribution >= 4 is 22.8 Å². The molecular formula is C28H33N7O3. The Morgan fingerprint density at radius 2 is 1.76 bits per heavy atom. The van der Waals surface area contributed by atoms with Gasteiger partial charge < -0.3 is 19.0 Å². The molecular weight excluding hydrogens is 482 g/mol. The zero-order valence-corrected chi connectivity index (χ0v) is 22.1. The highest BCUT2D eigenvalue weighted by Gasteiger charge is 2.29. The Bertz CT molecular complexity index is 1450. The van der Waals surface area contributed by atoms with Crippen LogP contribution in [-0.2, 0) is 4.74 Å². The highest BCUT2D eigenvalue weighted by atomic mass is 16.5. The van der Waals surface area contributed by atoms with Gasteiger partial charge in [0, 0.05) is 63.1 Å². The number of aromatic nitrogens is 4. The number of carbonyl (C=O) groups excluding carboxylic acids is 1. The fourth-order valence-electron chi connectivity index (χ4n) is 5.12. The van der Waals surface area contributed by atoms with Crippen LogP contribution in [0, 0.1) is 6.92 Å². The van der Waals surface area contributed by atoms with Crippen LogP contribution in [0.3, 0.4) is 0 Å². The topological polar surface area (TPSA) is 92.8 Å². The van der Waals surface area contributed by atoms with E-state index in [0.717, 1.165) is 43.1 Å². The maximum absolute atomic E-state index is 13.3. The first-order valence-corrected chi connectivity index (χ1v) is 13.3. The van der Waals surface area contributed by atoms with E-state index in [2.05, 4.69) is 47.7 Å². The number of rotatable bonds is 5. The Hall–Kier alpha value is -3.76. The van der Waals surface area contributed by atoms with Crippen molar-refractivity contribution in [2.24, 2.45) is 0 Å². The molecule has 2 aliphatic heterocycles. The van der Waals surface area contributed by atoms with Crippen LogP contribution in [0.2, 0.25) is 0 Å². The summed E-state index contributed by atoms with van der Waals surface area (Å²) in [5.74, 6) is 0.498. The minimum Gasteiger partial charge on any atom is -0.413 e. The van der Waals surface area contributed by atoms with Gasteiger partial charge >= 0.3 is 5.91 Å². The fraction of sp³-hybridized carbons (Fsp3) is 0.429. The van der Waals surface area contributed by atoms with Crippen molar-refractivity contribution in [3.63, 3.8) is 0 Å². The number of aryl methyl sites for hydroxylation is 1. The van der Waals surface area contributed by atoms with Crippen LogP contribution in [0.4, 0.5) is 5.69 Å². The molecule has 0 aliphatic carbocycles. The summed E-state index contributed by atoms with van der Waals surface area (Å²) in [5.41, 5.74) is 4.87. The molecule has 5 heterocycles. The summed E-state index contributed by atoms with van der Waals surface area (Å²) in [6.45, 7) is 12.1. The smallest absolute Gasteiger partial charge is 0.309 e. The lowest BCUT2D eigenvalue weighted by Crippen LogP contribution is -2.50. The SMILES string of the molecule is Cc1cccc(-c2ccn(-c3cc(N4CCOCC4)c4nc(C(=O)N5CCN(C(C)C)CC5)oc4n3)n2)c1. The summed E-state index contributed by atoms with van der Waals surface area (Å²) in [6, 6.07) is 12.7. The number of ether oxygens (including phenoxy) is 1. The molecule has 2 fully saturated rings. The molecule has 10 nitrogen and oxygen atoms in total. The largest absolute Gasteiger partial charge is 0.413 e. The summed E-state index contributed by atoms with van der Waals surface area (Å²) in [5, 5.41) is 4.79. The number of hydrogen-bond acceptors (Lipinski definition) is 8. The van der Waals surface area contributed by atoms with E-state index < -0.39 is 0 Å². The molecule has 0 N–H and O–H groups in total. The number of fused-ring (bicyclic) bond motifs is 1. The molecule has 10 heteroatoms. The van der Waals surface area contributed by atoms with Gasteiger partial charge in [0.05, 0.1) is 24.6 Å². The van der Waals surface area contributed by atoms with Crippen LogP contribution in [-0.4, -0.2) is 94.0 Å². The Balaban J connectivity index is 1.35. The quantitative estimate of drug-likeness (QED) is 0.399. The average molecular weight is 516 g/mol. The van der Waals surface area contributed by atoms with E-state index in [4.69, 9.17) is 19.2 Å². The maximum Gasteiger partial charge on any atom is 0.309 e. The second kappa shape index (κ2) is 10.2. The lowest BCUT2D eigenvalue weighted by Gasteiger charge is -2.36. The molecule has 0 spiro atoms. The monoisotopic (exact) mass is 515 g/mol. The summed E-state index contributed by atoms with van der Waals surface area (Å²) in [6.07, 6.45) is 1.89. The van der Waals surface area contributed by atoms with Gasteiger partial charge in [0.1, 0.15) is 0 Å². The minimum absolute atomic E-state index is 0.0815. The zero-order chi connectivity index (χ0) is 26.2. The highest BCUT2D eigenvalue weighted by Crippen LogP contribution is 2.30. The number of amides is 1. The summed E-state index contributed by atoms with van der Waals surface area (Å²) in [4.78, 5) is 29.2. The van der Waals surface area contributed by atoms with Gasteiger partial charge in [-0.15, -0.1) is 0 Å². The predicted molar refractivity (Wildman–Crippen MR) is 145 cm³/mol. The van der Waals surface area contributed by atoms with Crippen molar-refractivity contribution in [3.05, 3.63) is 54.0 Å². The Morgan fingerprint density at radius 3 is 2.50 bits per heavy atom. The number of oxazole rings is 1. The van der Waals surface area contributed by atoms with Crippen molar-refractivity contribution in [3.8, 4) is 17.1 Å². The van der Waals surface area contributed by atoms with Crippen molar-refractivity contribution in [2.75, 3.05) is 57.4 Å². The number of pyridine rings is 1. The molecule has 0 radical (unpaired) electrons. The zero-order valence-electron chi connectivity index (χ0n) is 22.1. The van der Waals surface area contributed by atoms with Gasteiger partial charge in [-0.3, -0.25) is 9.69 Å². The van der Waals surface area contributed by atoms with Gasteiger partial charge in [-0.2, -0.15) is 10.1 Å². The predicted octanol–water partition coefficient (Wildman–Crippen LogP) is 3.39. The normalized spacial score (nSPS) is 17.1. The third-order valence-corrected chi connectivity index (χ3v) is 7.34. The first-order valence-electron chi connectivity index (χ1n) is 13.3. The summed E-state index contributed by atoms with van der Waals surface area (Å²) < 4.78 is 13.4. The third kappa shape index (κ3) is 4.77. The standard InChI is InChI=1S/C28H33N7O3/c1-19(2)32-9-11-34(12-10-32)28(36)27-30-25-23(33-13-15-37-16-14-33)18-24(29-26(25)38-27)35-8-7-22(31-35)21-6-4-5-20(3)17-21/h4-8,17-19H,9-16H2,1-3H3. The molecule has 2 aliphatic rings. The van der Waals surface area contributed by atoms with Crippen LogP contribution >= 0.6 is 0 Å². The first kappa shape index (κ1) is 24.6. The van der Waals surface area contributed by atoms with E-state index in [1.54, 1.807) is 4.68 Å². The van der Waals surface area contributed by atoms with Crippen LogP contribution in [0.1, 0.15) is 30.1 Å². The molecule has 38 heavy (non-hydrogen) atoms. The molecule has 0 atom stereocenters. The van der Waals surface area contributed by atoms with Crippen molar-refractivity contribution in [1.82, 2.24) is 29.5 Å². The number of morpholine rings is 1.